The normalized spacial score (nSPS) is 20.9. The number of aromatic nitrogens is 1. The van der Waals surface area contributed by atoms with E-state index in [1.807, 2.05) is 0 Å². The number of hydrogen-bond donors (Lipinski definition) is 1. The number of thiazole rings is 1. The van der Waals surface area contributed by atoms with Gasteiger partial charge >= 0.3 is 0 Å². The molecule has 0 amide bonds. The van der Waals surface area contributed by atoms with Crippen LogP contribution in [-0.2, 0) is 17.8 Å². The fourth-order valence-corrected chi connectivity index (χ4v) is 3.24. The molecular formula is C12H20N2O2S. The van der Waals surface area contributed by atoms with Crippen LogP contribution in [0, 0.1) is 0 Å². The molecule has 17 heavy (non-hydrogen) atoms. The summed E-state index contributed by atoms with van der Waals surface area (Å²) in [6.07, 6.45) is 1.95. The summed E-state index contributed by atoms with van der Waals surface area (Å²) in [5.74, 6) is 0. The Morgan fingerprint density at radius 2 is 2.35 bits per heavy atom. The second-order valence-electron chi connectivity index (χ2n) is 4.21. The molecule has 0 bridgehead atoms. The van der Waals surface area contributed by atoms with Crippen LogP contribution in [0.4, 0.5) is 5.13 Å². The molecule has 1 aliphatic rings. The van der Waals surface area contributed by atoms with Crippen molar-refractivity contribution in [2.45, 2.75) is 39.3 Å². The number of nitrogens with zero attached hydrogens (tertiary/aromatic N) is 2. The van der Waals surface area contributed by atoms with Crippen LogP contribution in [0.3, 0.4) is 0 Å². The Morgan fingerprint density at radius 3 is 2.94 bits per heavy atom. The summed E-state index contributed by atoms with van der Waals surface area (Å²) in [4.78, 5) is 7.98. The summed E-state index contributed by atoms with van der Waals surface area (Å²) in [6.45, 7) is 6.81. The Bertz CT molecular complexity index is 346. The van der Waals surface area contributed by atoms with Crippen molar-refractivity contribution in [3.8, 4) is 0 Å². The number of aliphatic hydroxyl groups is 1. The van der Waals surface area contributed by atoms with Gasteiger partial charge in [-0.1, -0.05) is 25.2 Å². The zero-order valence-electron chi connectivity index (χ0n) is 10.5. The van der Waals surface area contributed by atoms with Gasteiger partial charge in [0.15, 0.2) is 5.13 Å². The van der Waals surface area contributed by atoms with Gasteiger partial charge in [0.05, 0.1) is 36.4 Å². The van der Waals surface area contributed by atoms with E-state index >= 15 is 0 Å². The van der Waals surface area contributed by atoms with Gasteiger partial charge in [-0.25, -0.2) is 4.98 Å². The predicted octanol–water partition coefficient (Wildman–Crippen LogP) is 1.81. The molecule has 0 saturated carbocycles. The number of ether oxygens (including phenoxy) is 1. The van der Waals surface area contributed by atoms with Crippen LogP contribution in [-0.4, -0.2) is 35.9 Å². The van der Waals surface area contributed by atoms with Crippen molar-refractivity contribution in [2.24, 2.45) is 0 Å². The Labute approximate surface area is 106 Å². The Morgan fingerprint density at radius 1 is 1.53 bits per heavy atom. The number of aryl methyl sites for hydroxylation is 1. The largest absolute Gasteiger partial charge is 0.391 e. The van der Waals surface area contributed by atoms with Gasteiger partial charge in [-0.05, 0) is 12.8 Å². The smallest absolute Gasteiger partial charge is 0.186 e. The molecule has 1 aromatic heterocycles. The van der Waals surface area contributed by atoms with Gasteiger partial charge < -0.3 is 14.7 Å². The number of aliphatic hydroxyl groups excluding tert-OH is 1. The molecule has 1 atom stereocenters. The molecule has 0 spiro atoms. The van der Waals surface area contributed by atoms with Crippen molar-refractivity contribution >= 4 is 16.5 Å². The van der Waals surface area contributed by atoms with Crippen molar-refractivity contribution < 1.29 is 9.84 Å². The van der Waals surface area contributed by atoms with Gasteiger partial charge in [0.25, 0.3) is 0 Å². The molecule has 1 aliphatic heterocycles. The van der Waals surface area contributed by atoms with Gasteiger partial charge in [-0.3, -0.25) is 0 Å². The van der Waals surface area contributed by atoms with E-state index < -0.39 is 0 Å². The third-order valence-corrected chi connectivity index (χ3v) is 4.31. The first-order valence-corrected chi connectivity index (χ1v) is 7.05. The van der Waals surface area contributed by atoms with Gasteiger partial charge in [0.1, 0.15) is 0 Å². The highest BCUT2D eigenvalue weighted by Gasteiger charge is 2.25. The van der Waals surface area contributed by atoms with E-state index in [2.05, 4.69) is 23.7 Å². The van der Waals surface area contributed by atoms with Gasteiger partial charge in [0, 0.05) is 6.54 Å². The predicted molar refractivity (Wildman–Crippen MR) is 69.7 cm³/mol. The van der Waals surface area contributed by atoms with Crippen LogP contribution in [0.1, 0.15) is 30.8 Å². The average Bonchev–Trinajstić information content (AvgIpc) is 2.81. The van der Waals surface area contributed by atoms with Crippen LogP contribution in [0.25, 0.3) is 0 Å². The second kappa shape index (κ2) is 5.80. The van der Waals surface area contributed by atoms with Crippen LogP contribution in [0.2, 0.25) is 0 Å². The molecule has 2 heterocycles. The Kier molecular flexibility index (Phi) is 4.36. The molecule has 4 nitrogen and oxygen atoms in total. The lowest BCUT2D eigenvalue weighted by atomic mass is 10.2. The van der Waals surface area contributed by atoms with E-state index in [0.717, 1.165) is 48.3 Å². The summed E-state index contributed by atoms with van der Waals surface area (Å²) >= 11 is 1.62. The van der Waals surface area contributed by atoms with Crippen molar-refractivity contribution in [2.75, 3.05) is 24.7 Å². The standard InChI is InChI=1S/C12H20N2O2S/c1-3-9-8-16-6-5-14(9)12-13-10(4-2)11(7-15)17-12/h9,15H,3-8H2,1-2H3. The number of anilines is 1. The molecule has 1 fully saturated rings. The van der Waals surface area contributed by atoms with Gasteiger partial charge in [0.2, 0.25) is 0 Å². The summed E-state index contributed by atoms with van der Waals surface area (Å²) < 4.78 is 5.50. The second-order valence-corrected chi connectivity index (χ2v) is 5.27. The van der Waals surface area contributed by atoms with E-state index in [1.54, 1.807) is 11.3 Å². The first-order chi connectivity index (χ1) is 8.30. The summed E-state index contributed by atoms with van der Waals surface area (Å²) in [5.41, 5.74) is 1.04. The van der Waals surface area contributed by atoms with Crippen LogP contribution >= 0.6 is 11.3 Å². The van der Waals surface area contributed by atoms with Crippen molar-refractivity contribution in [1.29, 1.82) is 0 Å². The topological polar surface area (TPSA) is 45.6 Å². The lowest BCUT2D eigenvalue weighted by molar-refractivity contribution is 0.0929. The Hall–Kier alpha value is -0.650. The molecule has 96 valence electrons. The monoisotopic (exact) mass is 256 g/mol. The minimum atomic E-state index is 0.0992. The first-order valence-electron chi connectivity index (χ1n) is 6.23. The summed E-state index contributed by atoms with van der Waals surface area (Å²) in [5, 5.41) is 10.4. The summed E-state index contributed by atoms with van der Waals surface area (Å²) in [6, 6.07) is 0.422. The van der Waals surface area contributed by atoms with Gasteiger partial charge in [-0.2, -0.15) is 0 Å². The lowest BCUT2D eigenvalue weighted by Gasteiger charge is -2.34. The maximum absolute atomic E-state index is 9.31. The number of morpholine rings is 1. The van der Waals surface area contributed by atoms with Crippen LogP contribution in [0.5, 0.6) is 0 Å². The minimum absolute atomic E-state index is 0.0992. The first kappa shape index (κ1) is 12.8. The molecule has 0 radical (unpaired) electrons. The van der Waals surface area contributed by atoms with E-state index in [0.29, 0.717) is 6.04 Å². The maximum Gasteiger partial charge on any atom is 0.186 e. The zero-order valence-corrected chi connectivity index (χ0v) is 11.3. The zero-order chi connectivity index (χ0) is 12.3. The quantitative estimate of drug-likeness (QED) is 0.892. The van der Waals surface area contributed by atoms with Crippen molar-refractivity contribution in [3.05, 3.63) is 10.6 Å². The maximum atomic E-state index is 9.31. The van der Waals surface area contributed by atoms with E-state index in [1.165, 1.54) is 0 Å². The number of rotatable bonds is 4. The molecule has 0 aromatic carbocycles. The van der Waals surface area contributed by atoms with Crippen LogP contribution < -0.4 is 4.90 Å². The van der Waals surface area contributed by atoms with E-state index in [4.69, 9.17) is 4.74 Å². The highest BCUT2D eigenvalue weighted by Crippen LogP contribution is 2.29. The fourth-order valence-electron chi connectivity index (χ4n) is 2.14. The highest BCUT2D eigenvalue weighted by molar-refractivity contribution is 7.15. The average molecular weight is 256 g/mol. The lowest BCUT2D eigenvalue weighted by Crippen LogP contribution is -2.45. The molecule has 1 aromatic rings. The molecular weight excluding hydrogens is 236 g/mol. The molecule has 5 heteroatoms. The molecule has 1 N–H and O–H groups in total. The van der Waals surface area contributed by atoms with Crippen molar-refractivity contribution in [1.82, 2.24) is 4.98 Å². The minimum Gasteiger partial charge on any atom is -0.391 e. The highest BCUT2D eigenvalue weighted by atomic mass is 32.1. The molecule has 2 rings (SSSR count). The Balaban J connectivity index is 2.22. The molecule has 0 aliphatic carbocycles. The van der Waals surface area contributed by atoms with Crippen LogP contribution in [0.15, 0.2) is 0 Å². The molecule has 1 unspecified atom stereocenters. The fraction of sp³-hybridized carbons (Fsp3) is 0.750. The van der Waals surface area contributed by atoms with E-state index in [-0.39, 0.29) is 6.61 Å². The van der Waals surface area contributed by atoms with Gasteiger partial charge in [-0.15, -0.1) is 0 Å². The third kappa shape index (κ3) is 2.61. The molecule has 1 saturated heterocycles. The van der Waals surface area contributed by atoms with E-state index in [9.17, 15) is 5.11 Å². The SMILES string of the molecule is CCc1nc(N2CCOCC2CC)sc1CO. The van der Waals surface area contributed by atoms with Crippen molar-refractivity contribution in [3.63, 3.8) is 0 Å². The summed E-state index contributed by atoms with van der Waals surface area (Å²) in [7, 11) is 0. The number of hydrogen-bond acceptors (Lipinski definition) is 5. The third-order valence-electron chi connectivity index (χ3n) is 3.19.